The quantitative estimate of drug-likeness (QED) is 0.445. The van der Waals surface area contributed by atoms with Crippen LogP contribution < -0.4 is 10.6 Å². The number of nitrogens with zero attached hydrogens (tertiary/aromatic N) is 2. The highest BCUT2D eigenvalue weighted by Crippen LogP contribution is 2.11. The Labute approximate surface area is 156 Å². The summed E-state index contributed by atoms with van der Waals surface area (Å²) in [5, 5.41) is 6.65. The number of carbonyl (C=O) groups excluding carboxylic acids is 1. The lowest BCUT2D eigenvalue weighted by Crippen LogP contribution is -2.38. The molecule has 0 aliphatic carbocycles. The van der Waals surface area contributed by atoms with Gasteiger partial charge in [0.15, 0.2) is 5.96 Å². The summed E-state index contributed by atoms with van der Waals surface area (Å²) in [7, 11) is 3.51. The zero-order valence-electron chi connectivity index (χ0n) is 16.0. The van der Waals surface area contributed by atoms with Gasteiger partial charge in [0.25, 0.3) is 5.91 Å². The Morgan fingerprint density at radius 1 is 1.23 bits per heavy atom. The summed E-state index contributed by atoms with van der Waals surface area (Å²) < 4.78 is 5.33. The van der Waals surface area contributed by atoms with Crippen LogP contribution in [0.25, 0.3) is 0 Å². The Balaban J connectivity index is 1.87. The molecule has 0 aromatic heterocycles. The van der Waals surface area contributed by atoms with Crippen molar-refractivity contribution in [1.29, 1.82) is 0 Å². The number of benzene rings is 1. The maximum absolute atomic E-state index is 11.9. The van der Waals surface area contributed by atoms with Crippen LogP contribution in [-0.4, -0.2) is 57.2 Å². The number of carbonyl (C=O) groups is 1. The minimum absolute atomic E-state index is 0.0116. The molecule has 0 saturated heterocycles. The predicted molar refractivity (Wildman–Crippen MR) is 105 cm³/mol. The summed E-state index contributed by atoms with van der Waals surface area (Å²) in [5.41, 5.74) is 3.21. The van der Waals surface area contributed by atoms with Crippen molar-refractivity contribution in [2.24, 2.45) is 4.99 Å². The molecule has 142 valence electrons. The molecule has 1 heterocycles. The van der Waals surface area contributed by atoms with Crippen LogP contribution in [0.4, 0.5) is 0 Å². The average molecular weight is 358 g/mol. The summed E-state index contributed by atoms with van der Waals surface area (Å²) in [5.74, 6) is 0.825. The summed E-state index contributed by atoms with van der Waals surface area (Å²) >= 11 is 0. The molecule has 0 atom stereocenters. The predicted octanol–water partition coefficient (Wildman–Crippen LogP) is 2.18. The van der Waals surface area contributed by atoms with Crippen molar-refractivity contribution in [2.45, 2.75) is 26.3 Å². The maximum Gasteiger partial charge on any atom is 0.253 e. The molecule has 0 unspecified atom stereocenters. The highest BCUT2D eigenvalue weighted by molar-refractivity contribution is 5.93. The lowest BCUT2D eigenvalue weighted by molar-refractivity contribution is 0.0827. The standard InChI is InChI=1S/C20H30N4O2/c1-4-21-20(22-12-9-16-10-13-26-14-11-16)23-15-17-5-7-18(8-6-17)19(25)24(2)3/h5-8,10H,4,9,11-15H2,1-3H3,(H2,21,22,23). The second-order valence-corrected chi connectivity index (χ2v) is 6.46. The number of guanidine groups is 1. The molecule has 0 bridgehead atoms. The molecule has 1 aliphatic rings. The van der Waals surface area contributed by atoms with Crippen molar-refractivity contribution in [3.05, 3.63) is 47.0 Å². The maximum atomic E-state index is 11.9. The fraction of sp³-hybridized carbons (Fsp3) is 0.500. The van der Waals surface area contributed by atoms with Crippen molar-refractivity contribution in [2.75, 3.05) is 40.4 Å². The molecule has 0 spiro atoms. The van der Waals surface area contributed by atoms with Gasteiger partial charge in [0, 0.05) is 32.7 Å². The van der Waals surface area contributed by atoms with Gasteiger partial charge in [0.05, 0.1) is 19.8 Å². The second kappa shape index (κ2) is 10.6. The lowest BCUT2D eigenvalue weighted by Gasteiger charge is -2.15. The van der Waals surface area contributed by atoms with E-state index < -0.39 is 0 Å². The monoisotopic (exact) mass is 358 g/mol. The Morgan fingerprint density at radius 3 is 2.62 bits per heavy atom. The molecule has 6 heteroatoms. The van der Waals surface area contributed by atoms with Crippen LogP contribution in [0, 0.1) is 0 Å². The zero-order valence-corrected chi connectivity index (χ0v) is 16.0. The molecule has 1 aromatic rings. The van der Waals surface area contributed by atoms with Crippen molar-refractivity contribution in [3.8, 4) is 0 Å². The Kier molecular flexibility index (Phi) is 8.15. The van der Waals surface area contributed by atoms with E-state index in [9.17, 15) is 4.79 Å². The van der Waals surface area contributed by atoms with Crippen molar-refractivity contribution in [3.63, 3.8) is 0 Å². The van der Waals surface area contributed by atoms with Crippen molar-refractivity contribution >= 4 is 11.9 Å². The third-order valence-corrected chi connectivity index (χ3v) is 4.17. The van der Waals surface area contributed by atoms with Gasteiger partial charge in [-0.3, -0.25) is 4.79 Å². The molecule has 0 saturated carbocycles. The molecule has 1 aliphatic heterocycles. The van der Waals surface area contributed by atoms with Gasteiger partial charge in [-0.25, -0.2) is 4.99 Å². The number of hydrogen-bond acceptors (Lipinski definition) is 3. The normalized spacial score (nSPS) is 14.6. The molecule has 0 fully saturated rings. The molecule has 2 N–H and O–H groups in total. The first-order valence-electron chi connectivity index (χ1n) is 9.18. The van der Waals surface area contributed by atoms with E-state index in [1.807, 2.05) is 24.3 Å². The van der Waals surface area contributed by atoms with Gasteiger partial charge in [-0.1, -0.05) is 23.8 Å². The van der Waals surface area contributed by atoms with E-state index in [1.54, 1.807) is 19.0 Å². The molecule has 6 nitrogen and oxygen atoms in total. The number of rotatable bonds is 7. The summed E-state index contributed by atoms with van der Waals surface area (Å²) in [4.78, 5) is 18.1. The fourth-order valence-corrected chi connectivity index (χ4v) is 2.66. The van der Waals surface area contributed by atoms with E-state index in [0.29, 0.717) is 12.1 Å². The minimum atomic E-state index is 0.0116. The number of aliphatic imine (C=N–C) groups is 1. The van der Waals surface area contributed by atoms with Crippen LogP contribution in [0.1, 0.15) is 35.7 Å². The summed E-state index contributed by atoms with van der Waals surface area (Å²) in [6.07, 6.45) is 4.20. The largest absolute Gasteiger partial charge is 0.377 e. The summed E-state index contributed by atoms with van der Waals surface area (Å²) in [6.45, 7) is 5.86. The first kappa shape index (κ1) is 20.0. The van der Waals surface area contributed by atoms with Crippen LogP contribution in [0.5, 0.6) is 0 Å². The van der Waals surface area contributed by atoms with E-state index in [4.69, 9.17) is 4.74 Å². The Hall–Kier alpha value is -2.34. The van der Waals surface area contributed by atoms with Crippen molar-refractivity contribution in [1.82, 2.24) is 15.5 Å². The number of amides is 1. The van der Waals surface area contributed by atoms with Crippen molar-refractivity contribution < 1.29 is 9.53 Å². The first-order valence-corrected chi connectivity index (χ1v) is 9.18. The minimum Gasteiger partial charge on any atom is -0.377 e. The third kappa shape index (κ3) is 6.52. The molecule has 1 amide bonds. The summed E-state index contributed by atoms with van der Waals surface area (Å²) in [6, 6.07) is 7.61. The van der Waals surface area contributed by atoms with E-state index in [-0.39, 0.29) is 5.91 Å². The van der Waals surface area contributed by atoms with E-state index in [1.165, 1.54) is 5.57 Å². The SMILES string of the molecule is CCNC(=NCc1ccc(C(=O)N(C)C)cc1)NCCC1=CCOCC1. The number of nitrogens with one attached hydrogen (secondary N) is 2. The van der Waals surface area contributed by atoms with Gasteiger partial charge in [-0.15, -0.1) is 0 Å². The lowest BCUT2D eigenvalue weighted by atomic mass is 10.1. The zero-order chi connectivity index (χ0) is 18.8. The van der Waals surface area contributed by atoms with E-state index in [2.05, 4.69) is 28.6 Å². The fourth-order valence-electron chi connectivity index (χ4n) is 2.66. The van der Waals surface area contributed by atoms with Gasteiger partial charge in [0.2, 0.25) is 0 Å². The van der Waals surface area contributed by atoms with Crippen LogP contribution in [0.15, 0.2) is 40.9 Å². The number of ether oxygens (including phenoxy) is 1. The smallest absolute Gasteiger partial charge is 0.253 e. The molecule has 1 aromatic carbocycles. The van der Waals surface area contributed by atoms with Crippen LogP contribution >= 0.6 is 0 Å². The highest BCUT2D eigenvalue weighted by Gasteiger charge is 2.07. The topological polar surface area (TPSA) is 66.0 Å². The van der Waals surface area contributed by atoms with Crippen LogP contribution in [-0.2, 0) is 11.3 Å². The Bertz CT molecular complexity index is 636. The molecular formula is C20H30N4O2. The molecule has 2 rings (SSSR count). The molecule has 26 heavy (non-hydrogen) atoms. The highest BCUT2D eigenvalue weighted by atomic mass is 16.5. The van der Waals surface area contributed by atoms with E-state index in [0.717, 1.165) is 50.7 Å². The van der Waals surface area contributed by atoms with E-state index >= 15 is 0 Å². The second-order valence-electron chi connectivity index (χ2n) is 6.46. The van der Waals surface area contributed by atoms with Gasteiger partial charge < -0.3 is 20.3 Å². The average Bonchev–Trinajstić information content (AvgIpc) is 2.66. The van der Waals surface area contributed by atoms with Gasteiger partial charge in [-0.05, 0) is 37.5 Å². The van der Waals surface area contributed by atoms with Gasteiger partial charge in [0.1, 0.15) is 0 Å². The molecular weight excluding hydrogens is 328 g/mol. The van der Waals surface area contributed by atoms with Crippen LogP contribution in [0.3, 0.4) is 0 Å². The van der Waals surface area contributed by atoms with Gasteiger partial charge >= 0.3 is 0 Å². The molecule has 0 radical (unpaired) electrons. The third-order valence-electron chi connectivity index (χ3n) is 4.17. The van der Waals surface area contributed by atoms with Gasteiger partial charge in [-0.2, -0.15) is 0 Å². The first-order chi connectivity index (χ1) is 12.6. The number of hydrogen-bond donors (Lipinski definition) is 2. The van der Waals surface area contributed by atoms with Crippen LogP contribution in [0.2, 0.25) is 0 Å². The Morgan fingerprint density at radius 2 is 2.00 bits per heavy atom.